The lowest BCUT2D eigenvalue weighted by atomic mass is 10.1. The van der Waals surface area contributed by atoms with Gasteiger partial charge < -0.3 is 5.11 Å². The molecule has 0 saturated heterocycles. The van der Waals surface area contributed by atoms with Gasteiger partial charge in [0.05, 0.1) is 5.02 Å². The normalized spacial score (nSPS) is 13.2. The predicted molar refractivity (Wildman–Crippen MR) is 68.1 cm³/mol. The van der Waals surface area contributed by atoms with Crippen LogP contribution in [0.1, 0.15) is 13.3 Å². The Labute approximate surface area is 111 Å². The fraction of sp³-hybridized carbons (Fsp3) is 0.364. The van der Waals surface area contributed by atoms with Gasteiger partial charge in [0.2, 0.25) is 10.0 Å². The molecule has 0 radical (unpaired) electrons. The molecular formula is C11H14ClNO4S. The average Bonchev–Trinajstić information content (AvgIpc) is 2.26. The van der Waals surface area contributed by atoms with Gasteiger partial charge in [0.1, 0.15) is 4.90 Å². The van der Waals surface area contributed by atoms with Crippen LogP contribution in [0.25, 0.3) is 0 Å². The topological polar surface area (TPSA) is 83.5 Å². The Balaban J connectivity index is 2.72. The van der Waals surface area contributed by atoms with Gasteiger partial charge >= 0.3 is 5.97 Å². The Morgan fingerprint density at radius 1 is 1.44 bits per heavy atom. The van der Waals surface area contributed by atoms with Crippen molar-refractivity contribution in [3.05, 3.63) is 29.3 Å². The number of hydrogen-bond acceptors (Lipinski definition) is 3. The second-order valence-corrected chi connectivity index (χ2v) is 6.13. The molecule has 0 aliphatic rings. The van der Waals surface area contributed by atoms with Gasteiger partial charge in [0.15, 0.2) is 0 Å². The van der Waals surface area contributed by atoms with Crippen molar-refractivity contribution < 1.29 is 18.3 Å². The van der Waals surface area contributed by atoms with E-state index >= 15 is 0 Å². The first-order chi connectivity index (χ1) is 8.33. The van der Waals surface area contributed by atoms with Gasteiger partial charge in [-0.2, -0.15) is 0 Å². The highest BCUT2D eigenvalue weighted by Crippen LogP contribution is 2.20. The van der Waals surface area contributed by atoms with E-state index in [0.29, 0.717) is 0 Å². The van der Waals surface area contributed by atoms with E-state index in [1.807, 2.05) is 0 Å². The fourth-order valence-corrected chi connectivity index (χ4v) is 3.05. The van der Waals surface area contributed by atoms with E-state index in [1.165, 1.54) is 12.1 Å². The van der Waals surface area contributed by atoms with Gasteiger partial charge in [-0.1, -0.05) is 30.7 Å². The molecule has 0 fully saturated rings. The number of nitrogens with one attached hydrogen (secondary N) is 1. The van der Waals surface area contributed by atoms with Crippen LogP contribution in [0.3, 0.4) is 0 Å². The number of hydrogen-bond donors (Lipinski definition) is 2. The molecule has 1 aromatic rings. The molecule has 1 aromatic carbocycles. The van der Waals surface area contributed by atoms with Crippen LogP contribution in [0, 0.1) is 5.92 Å². The largest absolute Gasteiger partial charge is 0.481 e. The highest BCUT2D eigenvalue weighted by Gasteiger charge is 2.18. The Kier molecular flexibility index (Phi) is 5.13. The van der Waals surface area contributed by atoms with Crippen LogP contribution in [0.5, 0.6) is 0 Å². The molecule has 1 unspecified atom stereocenters. The molecule has 0 spiro atoms. The third kappa shape index (κ3) is 4.29. The van der Waals surface area contributed by atoms with Gasteiger partial charge in [-0.05, 0) is 18.1 Å². The average molecular weight is 292 g/mol. The minimum Gasteiger partial charge on any atom is -0.481 e. The Morgan fingerprint density at radius 2 is 2.06 bits per heavy atom. The molecule has 100 valence electrons. The second kappa shape index (κ2) is 6.17. The number of aliphatic carboxylic acids is 1. The zero-order valence-corrected chi connectivity index (χ0v) is 11.3. The maximum absolute atomic E-state index is 11.9. The summed E-state index contributed by atoms with van der Waals surface area (Å²) in [6, 6.07) is 6.08. The second-order valence-electron chi connectivity index (χ2n) is 3.99. The monoisotopic (exact) mass is 291 g/mol. The summed E-state index contributed by atoms with van der Waals surface area (Å²) in [5.74, 6) is -1.25. The summed E-state index contributed by atoms with van der Waals surface area (Å²) in [5.41, 5.74) is 0. The third-order valence-corrected chi connectivity index (χ3v) is 4.19. The van der Waals surface area contributed by atoms with Gasteiger partial charge in [-0.3, -0.25) is 4.79 Å². The molecule has 0 saturated carbocycles. The van der Waals surface area contributed by atoms with Crippen LogP contribution >= 0.6 is 11.6 Å². The maximum atomic E-state index is 11.9. The van der Waals surface area contributed by atoms with Crippen molar-refractivity contribution in [2.45, 2.75) is 18.2 Å². The summed E-state index contributed by atoms with van der Waals surface area (Å²) < 4.78 is 26.1. The first kappa shape index (κ1) is 14.9. The molecule has 0 heterocycles. The molecule has 5 nitrogen and oxygen atoms in total. The standard InChI is InChI=1S/C11H14ClNO4S/c1-8(6-11(14)15)7-13-18(16,17)10-5-3-2-4-9(10)12/h2-5,8,13H,6-7H2,1H3,(H,14,15). The molecule has 0 aromatic heterocycles. The van der Waals surface area contributed by atoms with Crippen molar-refractivity contribution in [2.75, 3.05) is 6.54 Å². The first-order valence-electron chi connectivity index (χ1n) is 5.29. The summed E-state index contributed by atoms with van der Waals surface area (Å²) in [4.78, 5) is 10.5. The predicted octanol–water partition coefficient (Wildman–Crippen LogP) is 1.73. The summed E-state index contributed by atoms with van der Waals surface area (Å²) in [6.45, 7) is 1.71. The lowest BCUT2D eigenvalue weighted by Gasteiger charge is -2.11. The summed E-state index contributed by atoms with van der Waals surface area (Å²) in [7, 11) is -3.70. The smallest absolute Gasteiger partial charge is 0.303 e. The van der Waals surface area contributed by atoms with Crippen molar-refractivity contribution in [3.8, 4) is 0 Å². The zero-order valence-electron chi connectivity index (χ0n) is 9.76. The number of halogens is 1. The number of carboxylic acid groups (broad SMARTS) is 1. The van der Waals surface area contributed by atoms with Crippen LogP contribution in [-0.2, 0) is 14.8 Å². The van der Waals surface area contributed by atoms with Crippen LogP contribution < -0.4 is 4.72 Å². The van der Waals surface area contributed by atoms with Crippen LogP contribution in [0.2, 0.25) is 5.02 Å². The van der Waals surface area contributed by atoms with E-state index in [1.54, 1.807) is 19.1 Å². The van der Waals surface area contributed by atoms with E-state index in [2.05, 4.69) is 4.72 Å². The van der Waals surface area contributed by atoms with Crippen molar-refractivity contribution in [2.24, 2.45) is 5.92 Å². The number of benzene rings is 1. The Morgan fingerprint density at radius 3 is 2.61 bits per heavy atom. The van der Waals surface area contributed by atoms with E-state index in [9.17, 15) is 13.2 Å². The molecule has 1 rings (SSSR count). The van der Waals surface area contributed by atoms with Crippen LogP contribution in [0.4, 0.5) is 0 Å². The first-order valence-corrected chi connectivity index (χ1v) is 7.15. The molecule has 0 amide bonds. The summed E-state index contributed by atoms with van der Waals surface area (Å²) >= 11 is 5.80. The van der Waals surface area contributed by atoms with E-state index < -0.39 is 16.0 Å². The number of carbonyl (C=O) groups is 1. The van der Waals surface area contributed by atoms with Crippen molar-refractivity contribution in [1.82, 2.24) is 4.72 Å². The van der Waals surface area contributed by atoms with E-state index in [0.717, 1.165) is 0 Å². The SMILES string of the molecule is CC(CNS(=O)(=O)c1ccccc1Cl)CC(=O)O. The van der Waals surface area contributed by atoms with Gasteiger partial charge in [-0.15, -0.1) is 0 Å². The minimum absolute atomic E-state index is 0.00538. The van der Waals surface area contributed by atoms with Crippen LogP contribution in [0.15, 0.2) is 29.2 Å². The summed E-state index contributed by atoms with van der Waals surface area (Å²) in [6.07, 6.45) is -0.0922. The molecule has 0 aliphatic carbocycles. The number of carboxylic acids is 1. The molecule has 0 aliphatic heterocycles. The van der Waals surface area contributed by atoms with Gasteiger partial charge in [-0.25, -0.2) is 13.1 Å². The maximum Gasteiger partial charge on any atom is 0.303 e. The van der Waals surface area contributed by atoms with Crippen molar-refractivity contribution in [1.29, 1.82) is 0 Å². The molecular weight excluding hydrogens is 278 g/mol. The quantitative estimate of drug-likeness (QED) is 0.836. The Hall–Kier alpha value is -1.11. The van der Waals surface area contributed by atoms with Gasteiger partial charge in [0.25, 0.3) is 0 Å². The zero-order chi connectivity index (χ0) is 13.8. The highest BCUT2D eigenvalue weighted by atomic mass is 35.5. The molecule has 7 heteroatoms. The molecule has 18 heavy (non-hydrogen) atoms. The molecule has 0 bridgehead atoms. The van der Waals surface area contributed by atoms with Gasteiger partial charge in [0, 0.05) is 13.0 Å². The Bertz CT molecular complexity index is 530. The molecule has 1 atom stereocenters. The van der Waals surface area contributed by atoms with E-state index in [-0.39, 0.29) is 28.8 Å². The lowest BCUT2D eigenvalue weighted by molar-refractivity contribution is -0.137. The van der Waals surface area contributed by atoms with Crippen LogP contribution in [-0.4, -0.2) is 26.0 Å². The lowest BCUT2D eigenvalue weighted by Crippen LogP contribution is -2.29. The third-order valence-electron chi connectivity index (χ3n) is 2.27. The fourth-order valence-electron chi connectivity index (χ4n) is 1.36. The number of sulfonamides is 1. The minimum atomic E-state index is -3.70. The molecule has 2 N–H and O–H groups in total. The van der Waals surface area contributed by atoms with Crippen molar-refractivity contribution >= 4 is 27.6 Å². The summed E-state index contributed by atoms with van der Waals surface area (Å²) in [5, 5.41) is 8.71. The van der Waals surface area contributed by atoms with E-state index in [4.69, 9.17) is 16.7 Å². The van der Waals surface area contributed by atoms with Crippen molar-refractivity contribution in [3.63, 3.8) is 0 Å². The number of rotatable bonds is 6. The highest BCUT2D eigenvalue weighted by molar-refractivity contribution is 7.89.